The predicted molar refractivity (Wildman–Crippen MR) is 55.5 cm³/mol. The zero-order valence-electron chi connectivity index (χ0n) is 8.20. The van der Waals surface area contributed by atoms with Crippen molar-refractivity contribution < 1.29 is 5.21 Å². The second kappa shape index (κ2) is 3.91. The van der Waals surface area contributed by atoms with Crippen molar-refractivity contribution >= 4 is 6.21 Å². The maximum atomic E-state index is 8.41. The first-order valence-corrected chi connectivity index (χ1v) is 4.44. The van der Waals surface area contributed by atoms with Gasteiger partial charge in [-0.2, -0.15) is 5.10 Å². The van der Waals surface area contributed by atoms with Crippen LogP contribution in [0, 0.1) is 6.92 Å². The minimum atomic E-state index is 0.846. The SMILES string of the molecule is Cc1cc(C=NO)ccc1-n1cncn1. The lowest BCUT2D eigenvalue weighted by Crippen LogP contribution is -1.98. The molecule has 1 aromatic heterocycles. The van der Waals surface area contributed by atoms with Gasteiger partial charge in [-0.3, -0.25) is 0 Å². The van der Waals surface area contributed by atoms with Gasteiger partial charge in [-0.15, -0.1) is 0 Å². The van der Waals surface area contributed by atoms with Crippen molar-refractivity contribution in [3.8, 4) is 5.69 Å². The summed E-state index contributed by atoms with van der Waals surface area (Å²) in [5.74, 6) is 0. The van der Waals surface area contributed by atoms with Crippen LogP contribution in [-0.2, 0) is 0 Å². The van der Waals surface area contributed by atoms with Gasteiger partial charge in [-0.25, -0.2) is 9.67 Å². The van der Waals surface area contributed by atoms with Crippen LogP contribution in [0.1, 0.15) is 11.1 Å². The monoisotopic (exact) mass is 202 g/mol. The van der Waals surface area contributed by atoms with Crippen LogP contribution in [0.2, 0.25) is 0 Å². The molecule has 2 aromatic rings. The highest BCUT2D eigenvalue weighted by molar-refractivity contribution is 5.79. The fourth-order valence-corrected chi connectivity index (χ4v) is 1.42. The van der Waals surface area contributed by atoms with E-state index in [4.69, 9.17) is 5.21 Å². The normalized spacial score (nSPS) is 11.0. The van der Waals surface area contributed by atoms with E-state index in [-0.39, 0.29) is 0 Å². The van der Waals surface area contributed by atoms with Gasteiger partial charge >= 0.3 is 0 Å². The Labute approximate surface area is 86.7 Å². The molecule has 0 spiro atoms. The molecule has 1 heterocycles. The van der Waals surface area contributed by atoms with E-state index in [1.165, 1.54) is 12.5 Å². The van der Waals surface area contributed by atoms with Crippen molar-refractivity contribution in [3.63, 3.8) is 0 Å². The Morgan fingerprint density at radius 2 is 2.33 bits per heavy atom. The molecule has 76 valence electrons. The lowest BCUT2D eigenvalue weighted by molar-refractivity contribution is 0.322. The third-order valence-corrected chi connectivity index (χ3v) is 2.09. The van der Waals surface area contributed by atoms with Gasteiger partial charge in [0.15, 0.2) is 0 Å². The first-order chi connectivity index (χ1) is 7.31. The number of hydrogen-bond donors (Lipinski definition) is 1. The van der Waals surface area contributed by atoms with Crippen molar-refractivity contribution in [2.24, 2.45) is 5.16 Å². The number of aromatic nitrogens is 3. The summed E-state index contributed by atoms with van der Waals surface area (Å²) in [5, 5.41) is 15.4. The summed E-state index contributed by atoms with van der Waals surface area (Å²) in [6.07, 6.45) is 4.52. The molecule has 2 rings (SSSR count). The molecule has 5 heteroatoms. The summed E-state index contributed by atoms with van der Waals surface area (Å²) in [5.41, 5.74) is 2.85. The first-order valence-electron chi connectivity index (χ1n) is 4.44. The van der Waals surface area contributed by atoms with Crippen LogP contribution >= 0.6 is 0 Å². The van der Waals surface area contributed by atoms with E-state index in [1.54, 1.807) is 11.0 Å². The van der Waals surface area contributed by atoms with E-state index < -0.39 is 0 Å². The fourth-order valence-electron chi connectivity index (χ4n) is 1.42. The van der Waals surface area contributed by atoms with Gasteiger partial charge in [0, 0.05) is 0 Å². The smallest absolute Gasteiger partial charge is 0.138 e. The molecule has 0 radical (unpaired) electrons. The molecular formula is C10H10N4O. The molecule has 0 fully saturated rings. The van der Waals surface area contributed by atoms with Crippen LogP contribution < -0.4 is 0 Å². The predicted octanol–water partition coefficient (Wildman–Crippen LogP) is 1.38. The molecule has 1 N–H and O–H groups in total. The molecule has 0 aliphatic heterocycles. The van der Waals surface area contributed by atoms with E-state index in [2.05, 4.69) is 15.2 Å². The highest BCUT2D eigenvalue weighted by atomic mass is 16.4. The minimum absolute atomic E-state index is 0.846. The van der Waals surface area contributed by atoms with E-state index in [0.29, 0.717) is 0 Å². The Morgan fingerprint density at radius 3 is 2.93 bits per heavy atom. The van der Waals surface area contributed by atoms with Crippen molar-refractivity contribution in [1.29, 1.82) is 0 Å². The second-order valence-corrected chi connectivity index (χ2v) is 3.13. The topological polar surface area (TPSA) is 63.3 Å². The standard InChI is InChI=1S/C10H10N4O/c1-8-4-9(5-13-15)2-3-10(8)14-7-11-6-12-14/h2-7,15H,1H3. The lowest BCUT2D eigenvalue weighted by atomic mass is 10.1. The zero-order valence-corrected chi connectivity index (χ0v) is 8.20. The molecule has 5 nitrogen and oxygen atoms in total. The van der Waals surface area contributed by atoms with Gasteiger partial charge in [-0.1, -0.05) is 11.2 Å². The fraction of sp³-hybridized carbons (Fsp3) is 0.100. The van der Waals surface area contributed by atoms with Crippen LogP contribution in [-0.4, -0.2) is 26.2 Å². The van der Waals surface area contributed by atoms with Crippen molar-refractivity contribution in [2.45, 2.75) is 6.92 Å². The number of aryl methyl sites for hydroxylation is 1. The molecule has 0 bridgehead atoms. The van der Waals surface area contributed by atoms with E-state index >= 15 is 0 Å². The zero-order chi connectivity index (χ0) is 10.7. The number of hydrogen-bond acceptors (Lipinski definition) is 4. The minimum Gasteiger partial charge on any atom is -0.411 e. The van der Waals surface area contributed by atoms with Gasteiger partial charge in [0.25, 0.3) is 0 Å². The van der Waals surface area contributed by atoms with Crippen LogP contribution in [0.25, 0.3) is 5.69 Å². The molecule has 0 aliphatic rings. The molecule has 0 saturated heterocycles. The van der Waals surface area contributed by atoms with Crippen LogP contribution in [0.5, 0.6) is 0 Å². The second-order valence-electron chi connectivity index (χ2n) is 3.13. The number of nitrogens with zero attached hydrogens (tertiary/aromatic N) is 4. The Bertz CT molecular complexity index is 476. The van der Waals surface area contributed by atoms with E-state index in [0.717, 1.165) is 16.8 Å². The van der Waals surface area contributed by atoms with Crippen molar-refractivity contribution in [3.05, 3.63) is 42.0 Å². The maximum absolute atomic E-state index is 8.41. The third-order valence-electron chi connectivity index (χ3n) is 2.09. The summed E-state index contributed by atoms with van der Waals surface area (Å²) in [6.45, 7) is 1.96. The molecule has 15 heavy (non-hydrogen) atoms. The van der Waals surface area contributed by atoms with Crippen LogP contribution in [0.15, 0.2) is 36.0 Å². The Hall–Kier alpha value is -2.17. The summed E-state index contributed by atoms with van der Waals surface area (Å²) in [4.78, 5) is 3.88. The molecular weight excluding hydrogens is 192 g/mol. The average Bonchev–Trinajstić information content (AvgIpc) is 2.71. The summed E-state index contributed by atoms with van der Waals surface area (Å²) >= 11 is 0. The van der Waals surface area contributed by atoms with Crippen LogP contribution in [0.3, 0.4) is 0 Å². The first kappa shape index (κ1) is 9.39. The Kier molecular flexibility index (Phi) is 2.45. The highest BCUT2D eigenvalue weighted by Gasteiger charge is 2.01. The lowest BCUT2D eigenvalue weighted by Gasteiger charge is -2.05. The van der Waals surface area contributed by atoms with Crippen molar-refractivity contribution in [1.82, 2.24) is 14.8 Å². The third kappa shape index (κ3) is 1.85. The molecule has 0 aliphatic carbocycles. The highest BCUT2D eigenvalue weighted by Crippen LogP contribution is 2.13. The van der Waals surface area contributed by atoms with Crippen LogP contribution in [0.4, 0.5) is 0 Å². The van der Waals surface area contributed by atoms with Gasteiger partial charge in [0.2, 0.25) is 0 Å². The van der Waals surface area contributed by atoms with E-state index in [1.807, 2.05) is 25.1 Å². The molecule has 0 saturated carbocycles. The van der Waals surface area contributed by atoms with E-state index in [9.17, 15) is 0 Å². The number of benzene rings is 1. The van der Waals surface area contributed by atoms with Gasteiger partial charge in [0.1, 0.15) is 12.7 Å². The number of oxime groups is 1. The molecule has 1 aromatic carbocycles. The largest absolute Gasteiger partial charge is 0.411 e. The molecule has 0 amide bonds. The summed E-state index contributed by atoms with van der Waals surface area (Å²) in [7, 11) is 0. The van der Waals surface area contributed by atoms with Crippen molar-refractivity contribution in [2.75, 3.05) is 0 Å². The van der Waals surface area contributed by atoms with Gasteiger partial charge in [0.05, 0.1) is 11.9 Å². The quantitative estimate of drug-likeness (QED) is 0.454. The summed E-state index contributed by atoms with van der Waals surface area (Å²) < 4.78 is 1.69. The van der Waals surface area contributed by atoms with Gasteiger partial charge < -0.3 is 5.21 Å². The summed E-state index contributed by atoms with van der Waals surface area (Å²) in [6, 6.07) is 5.67. The molecule has 0 atom stereocenters. The van der Waals surface area contributed by atoms with Gasteiger partial charge in [-0.05, 0) is 30.2 Å². The Balaban J connectivity index is 2.43. The average molecular weight is 202 g/mol. The number of rotatable bonds is 2. The Morgan fingerprint density at radius 1 is 1.47 bits per heavy atom. The molecule has 0 unspecified atom stereocenters. The maximum Gasteiger partial charge on any atom is 0.138 e.